The van der Waals surface area contributed by atoms with Gasteiger partial charge in [0.2, 0.25) is 10.0 Å². The lowest BCUT2D eigenvalue weighted by atomic mass is 10.3. The van der Waals surface area contributed by atoms with Crippen LogP contribution in [0.3, 0.4) is 0 Å². The summed E-state index contributed by atoms with van der Waals surface area (Å²) in [6.45, 7) is 2.09. The van der Waals surface area contributed by atoms with Crippen LogP contribution in [0, 0.1) is 5.82 Å². The summed E-state index contributed by atoms with van der Waals surface area (Å²) in [5.74, 6) is -0.798. The van der Waals surface area contributed by atoms with Crippen LogP contribution in [0.25, 0.3) is 0 Å². The van der Waals surface area contributed by atoms with Crippen molar-refractivity contribution >= 4 is 15.7 Å². The van der Waals surface area contributed by atoms with Crippen molar-refractivity contribution in [3.63, 3.8) is 0 Å². The maximum absolute atomic E-state index is 13.2. The van der Waals surface area contributed by atoms with E-state index in [2.05, 4.69) is 4.72 Å². The SMILES string of the molecule is CCCNS(=O)(=O)c1cc(N)ccc1F. The average molecular weight is 232 g/mol. The monoisotopic (exact) mass is 232 g/mol. The van der Waals surface area contributed by atoms with Gasteiger partial charge in [0, 0.05) is 12.2 Å². The summed E-state index contributed by atoms with van der Waals surface area (Å²) in [7, 11) is -3.78. The second kappa shape index (κ2) is 4.59. The number of nitrogens with two attached hydrogens (primary N) is 1. The predicted molar refractivity (Wildman–Crippen MR) is 56.3 cm³/mol. The number of rotatable bonds is 4. The van der Waals surface area contributed by atoms with E-state index >= 15 is 0 Å². The van der Waals surface area contributed by atoms with Gasteiger partial charge in [-0.3, -0.25) is 0 Å². The van der Waals surface area contributed by atoms with Crippen LogP contribution in [0.4, 0.5) is 10.1 Å². The third kappa shape index (κ3) is 2.90. The standard InChI is InChI=1S/C9H13FN2O2S/c1-2-5-12-15(13,14)9-6-7(11)3-4-8(9)10/h3-4,6,12H,2,5,11H2,1H3. The number of nitrogen functional groups attached to an aromatic ring is 1. The Hall–Kier alpha value is -1.14. The fraction of sp³-hybridized carbons (Fsp3) is 0.333. The Morgan fingerprint density at radius 3 is 2.73 bits per heavy atom. The molecule has 0 radical (unpaired) electrons. The second-order valence-corrected chi connectivity index (χ2v) is 4.82. The maximum Gasteiger partial charge on any atom is 0.243 e. The van der Waals surface area contributed by atoms with Crippen molar-refractivity contribution in [1.82, 2.24) is 4.72 Å². The molecule has 0 amide bonds. The van der Waals surface area contributed by atoms with E-state index in [4.69, 9.17) is 5.73 Å². The topological polar surface area (TPSA) is 72.2 Å². The summed E-state index contributed by atoms with van der Waals surface area (Å²) in [5.41, 5.74) is 5.61. The van der Waals surface area contributed by atoms with Gasteiger partial charge in [0.1, 0.15) is 10.7 Å². The van der Waals surface area contributed by atoms with Gasteiger partial charge >= 0.3 is 0 Å². The molecule has 1 aromatic carbocycles. The quantitative estimate of drug-likeness (QED) is 0.763. The van der Waals surface area contributed by atoms with Gasteiger partial charge < -0.3 is 5.73 Å². The molecule has 0 aliphatic heterocycles. The van der Waals surface area contributed by atoms with Crippen LogP contribution < -0.4 is 10.5 Å². The van der Waals surface area contributed by atoms with Crippen molar-refractivity contribution in [1.29, 1.82) is 0 Å². The Balaban J connectivity index is 3.09. The van der Waals surface area contributed by atoms with Crippen molar-refractivity contribution in [2.75, 3.05) is 12.3 Å². The minimum absolute atomic E-state index is 0.216. The molecule has 84 valence electrons. The minimum Gasteiger partial charge on any atom is -0.399 e. The lowest BCUT2D eigenvalue weighted by Gasteiger charge is -2.07. The maximum atomic E-state index is 13.2. The Bertz CT molecular complexity index is 445. The van der Waals surface area contributed by atoms with E-state index in [0.717, 1.165) is 12.1 Å². The molecule has 0 bridgehead atoms. The zero-order valence-electron chi connectivity index (χ0n) is 8.33. The predicted octanol–water partition coefficient (Wildman–Crippen LogP) is 1.10. The molecule has 0 spiro atoms. The molecule has 0 atom stereocenters. The molecule has 0 saturated carbocycles. The Labute approximate surface area is 88.3 Å². The van der Waals surface area contributed by atoms with Crippen LogP contribution in [0.1, 0.15) is 13.3 Å². The number of hydrogen-bond acceptors (Lipinski definition) is 3. The van der Waals surface area contributed by atoms with Crippen molar-refractivity contribution in [3.8, 4) is 0 Å². The molecule has 3 N–H and O–H groups in total. The Kier molecular flexibility index (Phi) is 3.65. The van der Waals surface area contributed by atoms with Gasteiger partial charge in [-0.1, -0.05) is 6.92 Å². The van der Waals surface area contributed by atoms with Crippen LogP contribution >= 0.6 is 0 Å². The number of benzene rings is 1. The first kappa shape index (κ1) is 11.9. The summed E-state index contributed by atoms with van der Waals surface area (Å²) in [5, 5.41) is 0. The number of hydrogen-bond donors (Lipinski definition) is 2. The van der Waals surface area contributed by atoms with Gasteiger partial charge in [-0.25, -0.2) is 17.5 Å². The van der Waals surface area contributed by atoms with Gasteiger partial charge in [0.15, 0.2) is 0 Å². The number of sulfonamides is 1. The molecule has 1 rings (SSSR count). The molecule has 1 aromatic rings. The third-order valence-electron chi connectivity index (χ3n) is 1.79. The highest BCUT2D eigenvalue weighted by molar-refractivity contribution is 7.89. The number of halogens is 1. The number of nitrogens with one attached hydrogen (secondary N) is 1. The molecule has 0 aliphatic carbocycles. The molecular formula is C9H13FN2O2S. The summed E-state index contributed by atoms with van der Waals surface area (Å²) in [6, 6.07) is 3.46. The molecule has 4 nitrogen and oxygen atoms in total. The smallest absolute Gasteiger partial charge is 0.243 e. The third-order valence-corrected chi connectivity index (χ3v) is 3.26. The Morgan fingerprint density at radius 1 is 1.47 bits per heavy atom. The second-order valence-electron chi connectivity index (χ2n) is 3.09. The van der Waals surface area contributed by atoms with Crippen LogP contribution in [0.2, 0.25) is 0 Å². The fourth-order valence-electron chi connectivity index (χ4n) is 1.04. The van der Waals surface area contributed by atoms with Gasteiger partial charge in [-0.05, 0) is 24.6 Å². The normalized spacial score (nSPS) is 11.6. The average Bonchev–Trinajstić information content (AvgIpc) is 2.18. The molecule has 0 heterocycles. The van der Waals surface area contributed by atoms with Gasteiger partial charge in [0.25, 0.3) is 0 Å². The van der Waals surface area contributed by atoms with Crippen LogP contribution in [0.5, 0.6) is 0 Å². The molecule has 0 fully saturated rings. The number of anilines is 1. The zero-order chi connectivity index (χ0) is 11.5. The lowest BCUT2D eigenvalue weighted by Crippen LogP contribution is -2.25. The highest BCUT2D eigenvalue weighted by Gasteiger charge is 2.18. The van der Waals surface area contributed by atoms with E-state index in [9.17, 15) is 12.8 Å². The molecular weight excluding hydrogens is 219 g/mol. The molecule has 0 aromatic heterocycles. The van der Waals surface area contributed by atoms with E-state index in [-0.39, 0.29) is 12.2 Å². The van der Waals surface area contributed by atoms with E-state index in [1.807, 2.05) is 6.92 Å². The molecule has 0 saturated heterocycles. The molecule has 15 heavy (non-hydrogen) atoms. The highest BCUT2D eigenvalue weighted by Crippen LogP contribution is 2.17. The van der Waals surface area contributed by atoms with Gasteiger partial charge in [-0.2, -0.15) is 0 Å². The van der Waals surface area contributed by atoms with Crippen molar-refractivity contribution in [2.24, 2.45) is 0 Å². The minimum atomic E-state index is -3.78. The first-order chi connectivity index (χ1) is 6.97. The van der Waals surface area contributed by atoms with E-state index in [0.29, 0.717) is 6.42 Å². The summed E-state index contributed by atoms with van der Waals surface area (Å²) in [6.07, 6.45) is 0.642. The summed E-state index contributed by atoms with van der Waals surface area (Å²) < 4.78 is 38.6. The summed E-state index contributed by atoms with van der Waals surface area (Å²) in [4.78, 5) is -0.407. The zero-order valence-corrected chi connectivity index (χ0v) is 9.14. The molecule has 6 heteroatoms. The van der Waals surface area contributed by atoms with Crippen molar-refractivity contribution in [2.45, 2.75) is 18.2 Å². The molecule has 0 unspecified atom stereocenters. The first-order valence-electron chi connectivity index (χ1n) is 4.52. The largest absolute Gasteiger partial charge is 0.399 e. The van der Waals surface area contributed by atoms with Gasteiger partial charge in [-0.15, -0.1) is 0 Å². The van der Waals surface area contributed by atoms with Gasteiger partial charge in [0.05, 0.1) is 0 Å². The van der Waals surface area contributed by atoms with E-state index < -0.39 is 20.7 Å². The van der Waals surface area contributed by atoms with Crippen LogP contribution in [-0.4, -0.2) is 15.0 Å². The van der Waals surface area contributed by atoms with E-state index in [1.165, 1.54) is 6.07 Å². The first-order valence-corrected chi connectivity index (χ1v) is 6.00. The highest BCUT2D eigenvalue weighted by atomic mass is 32.2. The lowest BCUT2D eigenvalue weighted by molar-refractivity contribution is 0.557. The van der Waals surface area contributed by atoms with Crippen molar-refractivity contribution < 1.29 is 12.8 Å². The Morgan fingerprint density at radius 2 is 2.13 bits per heavy atom. The van der Waals surface area contributed by atoms with Crippen LogP contribution in [0.15, 0.2) is 23.1 Å². The fourth-order valence-corrected chi connectivity index (χ4v) is 2.28. The molecule has 0 aliphatic rings. The summed E-state index contributed by atoms with van der Waals surface area (Å²) >= 11 is 0. The van der Waals surface area contributed by atoms with Crippen molar-refractivity contribution in [3.05, 3.63) is 24.0 Å². The van der Waals surface area contributed by atoms with E-state index in [1.54, 1.807) is 0 Å². The van der Waals surface area contributed by atoms with Crippen LogP contribution in [-0.2, 0) is 10.0 Å².